The second-order valence-electron chi connectivity index (χ2n) is 18.0. The van der Waals surface area contributed by atoms with Gasteiger partial charge in [0.2, 0.25) is 27.7 Å². The molecule has 0 radical (unpaired) electrons. The van der Waals surface area contributed by atoms with E-state index in [1.807, 2.05) is 11.9 Å². The molecule has 1 atom stereocenters. The highest BCUT2D eigenvalue weighted by molar-refractivity contribution is 7.92. The van der Waals surface area contributed by atoms with Gasteiger partial charge in [-0.1, -0.05) is 25.8 Å². The SMILES string of the molecule is CCCS(=O)(=O)Nc1ccc(F)c(-n2cc(-c3cncnc3)c3nc(N(C)C4CCN(C(=O)C5CCCC(Nc6cccc7c6C(=O)N(C6CCC(=O)NC6=O)C7=O)CCC5)CC4)ccc32)c1F. The van der Waals surface area contributed by atoms with Gasteiger partial charge < -0.3 is 19.7 Å². The maximum absolute atomic E-state index is 16.1. The summed E-state index contributed by atoms with van der Waals surface area (Å²) in [6.07, 6.45) is 12.4. The van der Waals surface area contributed by atoms with Crippen molar-refractivity contribution in [2.24, 2.45) is 5.92 Å². The Morgan fingerprint density at radius 1 is 0.882 bits per heavy atom. The summed E-state index contributed by atoms with van der Waals surface area (Å²) < 4.78 is 60.4. The van der Waals surface area contributed by atoms with Gasteiger partial charge in [0.1, 0.15) is 29.7 Å². The summed E-state index contributed by atoms with van der Waals surface area (Å²) in [5.74, 6) is -3.74. The first-order valence-corrected chi connectivity index (χ1v) is 24.8. The molecule has 20 heteroatoms. The maximum Gasteiger partial charge on any atom is 0.264 e. The predicted molar refractivity (Wildman–Crippen MR) is 249 cm³/mol. The molecule has 1 unspecified atom stereocenters. The van der Waals surface area contributed by atoms with E-state index in [2.05, 4.69) is 30.2 Å². The van der Waals surface area contributed by atoms with E-state index in [1.54, 1.807) is 55.8 Å². The third-order valence-corrected chi connectivity index (χ3v) is 15.1. The van der Waals surface area contributed by atoms with Crippen molar-refractivity contribution in [3.63, 3.8) is 0 Å². The van der Waals surface area contributed by atoms with Crippen LogP contribution in [0.2, 0.25) is 0 Å². The summed E-state index contributed by atoms with van der Waals surface area (Å²) in [6, 6.07) is 9.65. The fraction of sp³-hybridized carbons (Fsp3) is 0.417. The Morgan fingerprint density at radius 3 is 2.32 bits per heavy atom. The molecule has 4 aliphatic rings. The molecule has 5 aromatic rings. The summed E-state index contributed by atoms with van der Waals surface area (Å²) in [4.78, 5) is 83.7. The van der Waals surface area contributed by atoms with E-state index in [9.17, 15) is 32.4 Å². The van der Waals surface area contributed by atoms with Crippen LogP contribution in [0.4, 0.5) is 26.0 Å². The summed E-state index contributed by atoms with van der Waals surface area (Å²) in [5, 5.41) is 5.74. The van der Waals surface area contributed by atoms with E-state index < -0.39 is 57.0 Å². The van der Waals surface area contributed by atoms with Crippen LogP contribution in [0.25, 0.3) is 27.8 Å². The topological polar surface area (TPSA) is 209 Å². The molecule has 0 spiro atoms. The minimum Gasteiger partial charge on any atom is -0.382 e. The third kappa shape index (κ3) is 9.00. The highest BCUT2D eigenvalue weighted by Crippen LogP contribution is 2.38. The average Bonchev–Trinajstić information content (AvgIpc) is 3.81. The standard InChI is InChI=1S/C48H52F2N10O7S/c1-3-23-68(66,67)56-36-14-13-34(49)44(42(36)50)59-26-33(29-24-51-27-52-25-29)43-37(59)15-17-39(54-43)57(2)31-19-21-58(22-20-31)46(63)28-7-4-9-30(10-5-8-28)53-35-12-6-11-32-41(35)48(65)60(47(32)64)38-16-18-40(61)55-45(38)62/h6,11-15,17,24-28,30-31,38,53,56H,3-5,7-10,16,18-23H2,1-2H3,(H,55,61,62). The number of halogens is 2. The molecule has 68 heavy (non-hydrogen) atoms. The van der Waals surface area contributed by atoms with Gasteiger partial charge in [0, 0.05) is 80.0 Å². The molecule has 1 saturated carbocycles. The average molecular weight is 951 g/mol. The fourth-order valence-corrected chi connectivity index (χ4v) is 11.3. The number of amides is 5. The predicted octanol–water partition coefficient (Wildman–Crippen LogP) is 6.19. The number of nitrogens with zero attached hydrogens (tertiary/aromatic N) is 7. The highest BCUT2D eigenvalue weighted by Gasteiger charge is 2.46. The number of imide groups is 2. The van der Waals surface area contributed by atoms with Crippen LogP contribution >= 0.6 is 0 Å². The lowest BCUT2D eigenvalue weighted by atomic mass is 9.87. The molecule has 3 N–H and O–H groups in total. The van der Waals surface area contributed by atoms with Gasteiger partial charge in [-0.15, -0.1) is 0 Å². The second kappa shape index (κ2) is 19.0. The van der Waals surface area contributed by atoms with Gasteiger partial charge in [0.15, 0.2) is 5.82 Å². The van der Waals surface area contributed by atoms with Gasteiger partial charge >= 0.3 is 0 Å². The quantitative estimate of drug-likeness (QED) is 0.120. The summed E-state index contributed by atoms with van der Waals surface area (Å²) in [6.45, 7) is 2.82. The number of rotatable bonds is 12. The van der Waals surface area contributed by atoms with Crippen LogP contribution in [0.15, 0.2) is 67.4 Å². The molecular weight excluding hydrogens is 899 g/mol. The van der Waals surface area contributed by atoms with Gasteiger partial charge in [0.05, 0.1) is 33.6 Å². The molecule has 0 bridgehead atoms. The molecule has 2 saturated heterocycles. The number of carbonyl (C=O) groups excluding carboxylic acids is 5. The zero-order chi connectivity index (χ0) is 47.9. The number of aromatic nitrogens is 4. The van der Waals surface area contributed by atoms with E-state index >= 15 is 8.78 Å². The number of anilines is 3. The van der Waals surface area contributed by atoms with Gasteiger partial charge in [-0.25, -0.2) is 32.2 Å². The molecule has 2 aromatic carbocycles. The van der Waals surface area contributed by atoms with E-state index in [0.29, 0.717) is 66.0 Å². The minimum absolute atomic E-state index is 0.00664. The van der Waals surface area contributed by atoms with Crippen LogP contribution in [0.5, 0.6) is 0 Å². The Labute approximate surface area is 391 Å². The molecule has 17 nitrogen and oxygen atoms in total. The number of hydrogen-bond donors (Lipinski definition) is 3. The largest absolute Gasteiger partial charge is 0.382 e. The number of hydrogen-bond acceptors (Lipinski definition) is 12. The number of sulfonamides is 1. The summed E-state index contributed by atoms with van der Waals surface area (Å²) in [5.41, 5.74) is 2.04. The Bertz CT molecular complexity index is 2920. The molecule has 1 aliphatic carbocycles. The van der Waals surface area contributed by atoms with E-state index in [-0.39, 0.29) is 59.3 Å². The first-order chi connectivity index (χ1) is 32.7. The number of likely N-dealkylation sites (tertiary alicyclic amines) is 1. The molecular formula is C48H52F2N10O7S. The molecule has 3 aliphatic heterocycles. The van der Waals surface area contributed by atoms with E-state index in [4.69, 9.17) is 4.98 Å². The minimum atomic E-state index is -3.87. The zero-order valence-electron chi connectivity index (χ0n) is 37.7. The van der Waals surface area contributed by atoms with Crippen LogP contribution in [0, 0.1) is 17.6 Å². The number of piperidine rings is 2. The first kappa shape index (κ1) is 46.3. The normalized spacial score (nSPS) is 20.5. The molecule has 3 aromatic heterocycles. The second-order valence-corrected chi connectivity index (χ2v) is 19.8. The number of nitrogens with one attached hydrogen (secondary N) is 3. The van der Waals surface area contributed by atoms with Crippen molar-refractivity contribution in [1.82, 2.24) is 34.6 Å². The molecule has 9 rings (SSSR count). The van der Waals surface area contributed by atoms with Crippen LogP contribution in [-0.2, 0) is 24.4 Å². The van der Waals surface area contributed by atoms with E-state index in [0.717, 1.165) is 55.6 Å². The summed E-state index contributed by atoms with van der Waals surface area (Å²) >= 11 is 0. The number of benzene rings is 2. The lowest BCUT2D eigenvalue weighted by Crippen LogP contribution is -2.54. The zero-order valence-corrected chi connectivity index (χ0v) is 38.5. The number of pyridine rings is 1. The van der Waals surface area contributed by atoms with Crippen molar-refractivity contribution in [3.8, 4) is 16.8 Å². The monoisotopic (exact) mass is 950 g/mol. The van der Waals surface area contributed by atoms with Gasteiger partial charge in [0.25, 0.3) is 11.8 Å². The van der Waals surface area contributed by atoms with Gasteiger partial charge in [-0.3, -0.25) is 38.9 Å². The highest BCUT2D eigenvalue weighted by atomic mass is 32.2. The Kier molecular flexibility index (Phi) is 13.0. The van der Waals surface area contributed by atoms with Gasteiger partial charge in [-0.2, -0.15) is 0 Å². The molecule has 5 amide bonds. The molecule has 6 heterocycles. The molecule has 356 valence electrons. The smallest absolute Gasteiger partial charge is 0.264 e. The van der Waals surface area contributed by atoms with Crippen molar-refractivity contribution in [1.29, 1.82) is 0 Å². The van der Waals surface area contributed by atoms with Crippen molar-refractivity contribution in [2.45, 2.75) is 95.7 Å². The molecule has 3 fully saturated rings. The number of carbonyl (C=O) groups is 5. The van der Waals surface area contributed by atoms with Crippen LogP contribution in [-0.4, -0.2) is 111 Å². The van der Waals surface area contributed by atoms with Crippen LogP contribution < -0.4 is 20.3 Å². The lowest BCUT2D eigenvalue weighted by molar-refractivity contribution is -0.138. The Morgan fingerprint density at radius 2 is 1.62 bits per heavy atom. The third-order valence-electron chi connectivity index (χ3n) is 13.6. The lowest BCUT2D eigenvalue weighted by Gasteiger charge is -2.39. The fourth-order valence-electron chi connectivity index (χ4n) is 10.1. The first-order valence-electron chi connectivity index (χ1n) is 23.1. The number of fused-ring (bicyclic) bond motifs is 2. The Hall–Kier alpha value is -6.83. The van der Waals surface area contributed by atoms with Crippen molar-refractivity contribution < 1.29 is 41.2 Å². The van der Waals surface area contributed by atoms with Crippen LogP contribution in [0.1, 0.15) is 98.3 Å². The summed E-state index contributed by atoms with van der Waals surface area (Å²) in [7, 11) is -1.93. The van der Waals surface area contributed by atoms with Crippen molar-refractivity contribution in [2.75, 3.05) is 40.8 Å². The maximum atomic E-state index is 16.1. The van der Waals surface area contributed by atoms with Gasteiger partial charge in [-0.05, 0) is 87.8 Å². The van der Waals surface area contributed by atoms with E-state index in [1.165, 1.54) is 10.9 Å². The Balaban J connectivity index is 0.839. The van der Waals surface area contributed by atoms with Crippen LogP contribution in [0.3, 0.4) is 0 Å². The van der Waals surface area contributed by atoms with Crippen molar-refractivity contribution in [3.05, 3.63) is 90.1 Å². The van der Waals surface area contributed by atoms with Crippen molar-refractivity contribution >= 4 is 67.8 Å².